The lowest BCUT2D eigenvalue weighted by atomic mass is 10.1. The van der Waals surface area contributed by atoms with E-state index in [0.29, 0.717) is 11.7 Å². The number of benzene rings is 1. The van der Waals surface area contributed by atoms with Gasteiger partial charge in [0.2, 0.25) is 5.91 Å². The monoisotopic (exact) mass is 413 g/mol. The van der Waals surface area contributed by atoms with Crippen molar-refractivity contribution in [2.75, 3.05) is 11.9 Å². The van der Waals surface area contributed by atoms with Gasteiger partial charge in [0.1, 0.15) is 12.0 Å². The number of carbonyl (C=O) groups is 1. The van der Waals surface area contributed by atoms with E-state index in [2.05, 4.69) is 6.92 Å². The molecule has 2 fully saturated rings. The van der Waals surface area contributed by atoms with Crippen LogP contribution in [0.4, 0.5) is 10.1 Å². The highest BCUT2D eigenvalue weighted by Gasteiger charge is 2.41. The number of amidine groups is 1. The van der Waals surface area contributed by atoms with Crippen molar-refractivity contribution in [3.63, 3.8) is 0 Å². The fourth-order valence-electron chi connectivity index (χ4n) is 3.93. The number of rotatable bonds is 3. The minimum absolute atomic E-state index is 0. The Bertz CT molecular complexity index is 679. The third-order valence-electron chi connectivity index (χ3n) is 5.24. The standard InChI is InChI=1S/C20H28FN3OS.ClH/c1-14-19(24(15(2)25)18-13-9-8-12-17(18)21)23(3)20(26-14)22-16-10-6-4-5-7-11-16;/h8-9,12-14,16,19H,4-7,10-11H2,1-3H3;1H. The van der Waals surface area contributed by atoms with Crippen molar-refractivity contribution in [3.8, 4) is 0 Å². The summed E-state index contributed by atoms with van der Waals surface area (Å²) in [6.45, 7) is 3.58. The summed E-state index contributed by atoms with van der Waals surface area (Å²) < 4.78 is 14.4. The molecule has 1 heterocycles. The highest BCUT2D eigenvalue weighted by molar-refractivity contribution is 8.14. The molecule has 1 amide bonds. The largest absolute Gasteiger partial charge is 0.333 e. The molecule has 7 heteroatoms. The molecule has 2 atom stereocenters. The molecule has 4 nitrogen and oxygen atoms in total. The maximum absolute atomic E-state index is 14.4. The zero-order valence-electron chi connectivity index (χ0n) is 16.2. The fraction of sp³-hybridized carbons (Fsp3) is 0.600. The quantitative estimate of drug-likeness (QED) is 0.649. The number of hydrogen-bond donors (Lipinski definition) is 0. The predicted octanol–water partition coefficient (Wildman–Crippen LogP) is 5.07. The van der Waals surface area contributed by atoms with E-state index in [4.69, 9.17) is 4.99 Å². The fourth-order valence-corrected chi connectivity index (χ4v) is 5.17. The Balaban J connectivity index is 0.00000261. The molecule has 1 aromatic rings. The number of thioether (sulfide) groups is 1. The van der Waals surface area contributed by atoms with Crippen LogP contribution in [0.15, 0.2) is 29.3 Å². The Kier molecular flexibility index (Phi) is 7.98. The first-order chi connectivity index (χ1) is 12.5. The molecule has 1 aromatic carbocycles. The maximum atomic E-state index is 14.4. The number of carbonyl (C=O) groups excluding carboxylic acids is 1. The normalized spacial score (nSPS) is 25.2. The van der Waals surface area contributed by atoms with Crippen LogP contribution in [-0.4, -0.2) is 40.5 Å². The first-order valence-electron chi connectivity index (χ1n) is 9.50. The van der Waals surface area contributed by atoms with E-state index in [9.17, 15) is 9.18 Å². The second-order valence-electron chi connectivity index (χ2n) is 7.24. The number of halogens is 2. The number of amides is 1. The van der Waals surface area contributed by atoms with E-state index < -0.39 is 0 Å². The first kappa shape index (κ1) is 22.0. The number of nitrogens with zero attached hydrogens (tertiary/aromatic N) is 3. The Morgan fingerprint density at radius 2 is 1.85 bits per heavy atom. The average molecular weight is 414 g/mol. The molecule has 0 N–H and O–H groups in total. The number of para-hydroxylation sites is 1. The summed E-state index contributed by atoms with van der Waals surface area (Å²) in [6.07, 6.45) is 7.12. The molecular weight excluding hydrogens is 385 g/mol. The molecule has 1 aliphatic carbocycles. The van der Waals surface area contributed by atoms with Crippen LogP contribution in [0.1, 0.15) is 52.4 Å². The summed E-state index contributed by atoms with van der Waals surface area (Å²) in [5, 5.41) is 1.09. The topological polar surface area (TPSA) is 35.9 Å². The molecule has 0 bridgehead atoms. The SMILES string of the molecule is CC(=O)N(c1ccccc1F)C1C(C)SC(=NC2CCCCCC2)N1C.Cl. The van der Waals surface area contributed by atoms with Crippen molar-refractivity contribution < 1.29 is 9.18 Å². The Morgan fingerprint density at radius 1 is 1.22 bits per heavy atom. The third kappa shape index (κ3) is 4.96. The first-order valence-corrected chi connectivity index (χ1v) is 10.4. The molecule has 2 unspecified atom stereocenters. The predicted molar refractivity (Wildman–Crippen MR) is 114 cm³/mol. The van der Waals surface area contributed by atoms with Crippen molar-refractivity contribution >= 4 is 40.9 Å². The van der Waals surface area contributed by atoms with Crippen LogP contribution in [0.5, 0.6) is 0 Å². The highest BCUT2D eigenvalue weighted by Crippen LogP contribution is 2.36. The van der Waals surface area contributed by atoms with Gasteiger partial charge in [-0.3, -0.25) is 14.7 Å². The molecule has 1 saturated carbocycles. The van der Waals surface area contributed by atoms with E-state index in [-0.39, 0.29) is 35.5 Å². The van der Waals surface area contributed by atoms with Crippen LogP contribution in [0.2, 0.25) is 0 Å². The summed E-state index contributed by atoms with van der Waals surface area (Å²) in [7, 11) is 1.97. The Morgan fingerprint density at radius 3 is 2.44 bits per heavy atom. The second kappa shape index (κ2) is 9.78. The van der Waals surface area contributed by atoms with Crippen molar-refractivity contribution in [2.45, 2.75) is 69.8 Å². The van der Waals surface area contributed by atoms with Crippen molar-refractivity contribution in [3.05, 3.63) is 30.1 Å². The Labute approximate surface area is 172 Å². The average Bonchev–Trinajstić information content (AvgIpc) is 2.79. The minimum Gasteiger partial charge on any atom is -0.333 e. The summed E-state index contributed by atoms with van der Waals surface area (Å²) in [4.78, 5) is 21.0. The molecule has 3 rings (SSSR count). The zero-order chi connectivity index (χ0) is 18.7. The summed E-state index contributed by atoms with van der Waals surface area (Å²) in [5.41, 5.74) is 0.333. The van der Waals surface area contributed by atoms with Crippen molar-refractivity contribution in [1.82, 2.24) is 4.90 Å². The molecule has 1 aliphatic heterocycles. The third-order valence-corrected chi connectivity index (χ3v) is 6.46. The van der Waals surface area contributed by atoms with Crippen molar-refractivity contribution in [1.29, 1.82) is 0 Å². The van der Waals surface area contributed by atoms with E-state index in [0.717, 1.165) is 18.0 Å². The lowest BCUT2D eigenvalue weighted by Gasteiger charge is -2.35. The molecule has 1 saturated heterocycles. The van der Waals surface area contributed by atoms with E-state index in [1.54, 1.807) is 34.9 Å². The van der Waals surface area contributed by atoms with Crippen LogP contribution in [0, 0.1) is 5.82 Å². The van der Waals surface area contributed by atoms with Gasteiger partial charge in [0, 0.05) is 19.2 Å². The van der Waals surface area contributed by atoms with Gasteiger partial charge >= 0.3 is 0 Å². The van der Waals surface area contributed by atoms with Crippen LogP contribution in [0.25, 0.3) is 0 Å². The van der Waals surface area contributed by atoms with Gasteiger partial charge < -0.3 is 4.90 Å². The van der Waals surface area contributed by atoms with Gasteiger partial charge in [-0.2, -0.15) is 0 Å². The lowest BCUT2D eigenvalue weighted by molar-refractivity contribution is -0.117. The highest BCUT2D eigenvalue weighted by atomic mass is 35.5. The van der Waals surface area contributed by atoms with Gasteiger partial charge in [-0.05, 0) is 31.9 Å². The molecule has 150 valence electrons. The van der Waals surface area contributed by atoms with Crippen molar-refractivity contribution in [2.24, 2.45) is 4.99 Å². The van der Waals surface area contributed by atoms with Crippen LogP contribution in [-0.2, 0) is 4.79 Å². The Hall–Kier alpha value is -1.27. The summed E-state index contributed by atoms with van der Waals surface area (Å²) in [6, 6.07) is 6.85. The molecule has 27 heavy (non-hydrogen) atoms. The van der Waals surface area contributed by atoms with E-state index in [1.807, 2.05) is 11.9 Å². The van der Waals surface area contributed by atoms with Crippen LogP contribution in [0.3, 0.4) is 0 Å². The molecule has 0 aromatic heterocycles. The van der Waals surface area contributed by atoms with Gasteiger partial charge in [0.25, 0.3) is 0 Å². The molecule has 0 spiro atoms. The van der Waals surface area contributed by atoms with Gasteiger partial charge in [0.05, 0.1) is 11.7 Å². The van der Waals surface area contributed by atoms with E-state index >= 15 is 0 Å². The van der Waals surface area contributed by atoms with Gasteiger partial charge in [0.15, 0.2) is 5.17 Å². The molecule has 0 radical (unpaired) electrons. The number of hydrogen-bond acceptors (Lipinski definition) is 3. The smallest absolute Gasteiger partial charge is 0.225 e. The lowest BCUT2D eigenvalue weighted by Crippen LogP contribution is -2.51. The van der Waals surface area contributed by atoms with Crippen LogP contribution < -0.4 is 4.90 Å². The second-order valence-corrected chi connectivity index (χ2v) is 8.59. The maximum Gasteiger partial charge on any atom is 0.225 e. The zero-order valence-corrected chi connectivity index (χ0v) is 17.9. The van der Waals surface area contributed by atoms with Gasteiger partial charge in [-0.1, -0.05) is 49.6 Å². The van der Waals surface area contributed by atoms with E-state index in [1.165, 1.54) is 38.7 Å². The van der Waals surface area contributed by atoms with Gasteiger partial charge in [-0.25, -0.2) is 4.39 Å². The summed E-state index contributed by atoms with van der Waals surface area (Å²) in [5.74, 6) is -0.530. The molecule has 2 aliphatic rings. The number of aliphatic imine (C=N–C) groups is 1. The summed E-state index contributed by atoms with van der Waals surface area (Å²) >= 11 is 1.69. The van der Waals surface area contributed by atoms with Gasteiger partial charge in [-0.15, -0.1) is 12.4 Å². The number of anilines is 1. The molecular formula is C20H29ClFN3OS. The minimum atomic E-state index is -0.373. The van der Waals surface area contributed by atoms with Crippen LogP contribution >= 0.6 is 24.2 Å².